The largest absolute Gasteiger partial charge is 0.386 e. The van der Waals surface area contributed by atoms with Gasteiger partial charge >= 0.3 is 0 Å². The first kappa shape index (κ1) is 26.6. The minimum absolute atomic E-state index is 0.172. The van der Waals surface area contributed by atoms with E-state index < -0.39 is 41.1 Å². The first-order valence-corrected chi connectivity index (χ1v) is 13.0. The van der Waals surface area contributed by atoms with Gasteiger partial charge in [0.15, 0.2) is 16.1 Å². The molecule has 1 aromatic heterocycles. The second kappa shape index (κ2) is 11.2. The van der Waals surface area contributed by atoms with Crippen molar-refractivity contribution in [1.82, 2.24) is 19.9 Å². The Kier molecular flexibility index (Phi) is 8.77. The molecule has 0 aliphatic carbocycles. The normalized spacial score (nSPS) is 25.4. The van der Waals surface area contributed by atoms with Gasteiger partial charge in [-0.1, -0.05) is 17.3 Å². The Bertz CT molecular complexity index is 1030. The number of aromatic nitrogens is 3. The topological polar surface area (TPSA) is 127 Å². The molecule has 0 saturated carbocycles. The molecule has 0 amide bonds. The second-order valence-corrected chi connectivity index (χ2v) is 10.8. The number of hydrogen-bond acceptors (Lipinski definition) is 9. The highest BCUT2D eigenvalue weighted by Crippen LogP contribution is 2.30. The molecule has 0 radical (unpaired) electrons. The van der Waals surface area contributed by atoms with E-state index in [-0.39, 0.29) is 17.0 Å². The molecule has 3 rings (SSSR count). The maximum absolute atomic E-state index is 14.1. The zero-order valence-electron chi connectivity index (χ0n) is 19.8. The van der Waals surface area contributed by atoms with Crippen molar-refractivity contribution in [3.05, 3.63) is 41.7 Å². The van der Waals surface area contributed by atoms with Gasteiger partial charge in [0.05, 0.1) is 16.7 Å². The SMILES string of the molecule is CO[C@H](c1ccc(S(C)(=O)=O)cc1)[C@@H](CF)n1cc(CCN(C)[C@H]2C[C@@H](C)O[C@@H](O)C2O)nn1. The number of sulfone groups is 1. The summed E-state index contributed by atoms with van der Waals surface area (Å²) in [6, 6.07) is 5.10. The Balaban J connectivity index is 1.68. The Morgan fingerprint density at radius 1 is 1.32 bits per heavy atom. The van der Waals surface area contributed by atoms with Gasteiger partial charge in [-0.25, -0.2) is 17.5 Å². The molecule has 2 aromatic rings. The van der Waals surface area contributed by atoms with Crippen LogP contribution in [0, 0.1) is 0 Å². The fourth-order valence-corrected chi connectivity index (χ4v) is 4.87. The summed E-state index contributed by atoms with van der Waals surface area (Å²) in [6.45, 7) is 1.62. The highest BCUT2D eigenvalue weighted by Gasteiger charge is 2.37. The van der Waals surface area contributed by atoms with Crippen molar-refractivity contribution < 1.29 is 32.5 Å². The number of ether oxygens (including phenoxy) is 2. The van der Waals surface area contributed by atoms with Gasteiger partial charge in [0.2, 0.25) is 0 Å². The summed E-state index contributed by atoms with van der Waals surface area (Å²) in [5.74, 6) is 0. The van der Waals surface area contributed by atoms with Gasteiger partial charge in [0.1, 0.15) is 24.9 Å². The standard InChI is InChI=1S/C22H33FN4O6S/c1-14-11-18(20(28)22(29)33-14)26(2)10-9-16-13-27(25-24-16)19(12-23)21(32-3)15-5-7-17(8-6-15)34(4,30)31/h5-8,13-14,18-22,28-29H,9-12H2,1-4H3/t14-,18+,19-,20?,21-,22-/m1/s1. The Labute approximate surface area is 199 Å². The molecule has 1 aliphatic heterocycles. The number of alkyl halides is 1. The van der Waals surface area contributed by atoms with Crippen molar-refractivity contribution in [1.29, 1.82) is 0 Å². The van der Waals surface area contributed by atoms with Crippen molar-refractivity contribution in [2.24, 2.45) is 0 Å². The zero-order chi connectivity index (χ0) is 25.0. The summed E-state index contributed by atoms with van der Waals surface area (Å²) < 4.78 is 49.7. The Morgan fingerprint density at radius 3 is 2.59 bits per heavy atom. The smallest absolute Gasteiger partial charge is 0.182 e. The van der Waals surface area contributed by atoms with Crippen molar-refractivity contribution in [2.75, 3.05) is 33.6 Å². The predicted molar refractivity (Wildman–Crippen MR) is 122 cm³/mol. The zero-order valence-corrected chi connectivity index (χ0v) is 20.6. The number of aliphatic hydroxyl groups excluding tert-OH is 2. The van der Waals surface area contributed by atoms with Crippen LogP contribution in [0.25, 0.3) is 0 Å². The van der Waals surface area contributed by atoms with Gasteiger partial charge in [-0.2, -0.15) is 0 Å². The molecule has 1 fully saturated rings. The fourth-order valence-electron chi connectivity index (χ4n) is 4.24. The minimum atomic E-state index is -3.34. The number of halogens is 1. The van der Waals surface area contributed by atoms with E-state index in [4.69, 9.17) is 9.47 Å². The van der Waals surface area contributed by atoms with Crippen molar-refractivity contribution >= 4 is 9.84 Å². The molecular weight excluding hydrogens is 467 g/mol. The molecule has 1 saturated heterocycles. The van der Waals surface area contributed by atoms with Crippen LogP contribution in [0.15, 0.2) is 35.4 Å². The number of hydrogen-bond donors (Lipinski definition) is 2. The summed E-state index contributed by atoms with van der Waals surface area (Å²) in [5.41, 5.74) is 1.26. The van der Waals surface area contributed by atoms with Crippen LogP contribution in [-0.2, 0) is 25.7 Å². The molecular formula is C22H33FN4O6S. The third-order valence-electron chi connectivity index (χ3n) is 6.21. The number of methoxy groups -OCH3 is 1. The molecule has 12 heteroatoms. The fraction of sp³-hybridized carbons (Fsp3) is 0.636. The predicted octanol–water partition coefficient (Wildman–Crippen LogP) is 0.911. The average Bonchev–Trinajstić information content (AvgIpc) is 3.26. The van der Waals surface area contributed by atoms with Gasteiger partial charge < -0.3 is 24.6 Å². The molecule has 10 nitrogen and oxygen atoms in total. The van der Waals surface area contributed by atoms with Crippen molar-refractivity contribution in [2.45, 2.75) is 61.3 Å². The Morgan fingerprint density at radius 2 is 2.00 bits per heavy atom. The maximum Gasteiger partial charge on any atom is 0.182 e. The van der Waals surface area contributed by atoms with Crippen LogP contribution in [0.3, 0.4) is 0 Å². The summed E-state index contributed by atoms with van der Waals surface area (Å²) in [7, 11) is -0.0276. The molecule has 6 atom stereocenters. The highest BCUT2D eigenvalue weighted by molar-refractivity contribution is 7.90. The van der Waals surface area contributed by atoms with E-state index in [9.17, 15) is 23.0 Å². The lowest BCUT2D eigenvalue weighted by Gasteiger charge is -2.40. The van der Waals surface area contributed by atoms with Crippen molar-refractivity contribution in [3.63, 3.8) is 0 Å². The second-order valence-electron chi connectivity index (χ2n) is 8.77. The maximum atomic E-state index is 14.1. The molecule has 0 spiro atoms. The van der Waals surface area contributed by atoms with Crippen LogP contribution in [0.4, 0.5) is 4.39 Å². The van der Waals surface area contributed by atoms with E-state index in [1.54, 1.807) is 18.3 Å². The van der Waals surface area contributed by atoms with E-state index in [0.717, 1.165) is 6.26 Å². The molecule has 190 valence electrons. The molecule has 2 heterocycles. The number of aliphatic hydroxyl groups is 2. The minimum Gasteiger partial charge on any atom is -0.386 e. The molecule has 34 heavy (non-hydrogen) atoms. The average molecular weight is 501 g/mol. The van der Waals surface area contributed by atoms with Gasteiger partial charge in [-0.15, -0.1) is 5.10 Å². The van der Waals surface area contributed by atoms with Crippen LogP contribution < -0.4 is 0 Å². The number of nitrogens with zero attached hydrogens (tertiary/aromatic N) is 4. The van der Waals surface area contributed by atoms with E-state index in [0.29, 0.717) is 30.6 Å². The first-order chi connectivity index (χ1) is 16.0. The van der Waals surface area contributed by atoms with E-state index in [2.05, 4.69) is 10.3 Å². The number of benzene rings is 1. The lowest BCUT2D eigenvalue weighted by molar-refractivity contribution is -0.231. The lowest BCUT2D eigenvalue weighted by Crippen LogP contribution is -2.54. The Hall–Kier alpha value is -1.96. The lowest BCUT2D eigenvalue weighted by atomic mass is 9.99. The summed E-state index contributed by atoms with van der Waals surface area (Å²) in [5, 5.41) is 28.4. The van der Waals surface area contributed by atoms with Gasteiger partial charge in [-0.05, 0) is 38.1 Å². The van der Waals surface area contributed by atoms with E-state index >= 15 is 0 Å². The monoisotopic (exact) mass is 500 g/mol. The summed E-state index contributed by atoms with van der Waals surface area (Å²) >= 11 is 0. The summed E-state index contributed by atoms with van der Waals surface area (Å²) in [6.07, 6.45) is 0.770. The van der Waals surface area contributed by atoms with E-state index in [1.165, 1.54) is 23.9 Å². The molecule has 0 bridgehead atoms. The highest BCUT2D eigenvalue weighted by atomic mass is 32.2. The molecule has 1 aromatic carbocycles. The molecule has 1 unspecified atom stereocenters. The van der Waals surface area contributed by atoms with Gasteiger partial charge in [0, 0.05) is 38.6 Å². The first-order valence-electron chi connectivity index (χ1n) is 11.1. The molecule has 2 N–H and O–H groups in total. The van der Waals surface area contributed by atoms with Crippen LogP contribution in [0.2, 0.25) is 0 Å². The van der Waals surface area contributed by atoms with Gasteiger partial charge in [-0.3, -0.25) is 0 Å². The van der Waals surface area contributed by atoms with Crippen molar-refractivity contribution in [3.8, 4) is 0 Å². The third kappa shape index (κ3) is 6.18. The van der Waals surface area contributed by atoms with Crippen LogP contribution in [-0.4, -0.2) is 96.7 Å². The quantitative estimate of drug-likeness (QED) is 0.489. The van der Waals surface area contributed by atoms with Crippen LogP contribution >= 0.6 is 0 Å². The van der Waals surface area contributed by atoms with E-state index in [1.807, 2.05) is 18.9 Å². The van der Waals surface area contributed by atoms with Gasteiger partial charge in [0.25, 0.3) is 0 Å². The third-order valence-corrected chi connectivity index (χ3v) is 7.34. The van der Waals surface area contributed by atoms with Crippen LogP contribution in [0.1, 0.15) is 36.7 Å². The summed E-state index contributed by atoms with van der Waals surface area (Å²) in [4.78, 5) is 2.12. The van der Waals surface area contributed by atoms with Crippen LogP contribution in [0.5, 0.6) is 0 Å². The number of rotatable bonds is 10. The number of likely N-dealkylation sites (N-methyl/N-ethyl adjacent to an activating group) is 1. The molecule has 1 aliphatic rings.